The highest BCUT2D eigenvalue weighted by Crippen LogP contribution is 2.46. The number of alkyl halides is 5. The standard InChI is InChI=1S/C36H37ClF6N8O3/c1-19(36(41,42)43)11-29(52)54-16-28(21-6-10-25(37)27(13-21)51-31(30(39)40)45-18-47-51)50-32(53)35(48-33(50)44,17-34(2,3)4)24-9-5-20(12-26(24)38)22-14-46-49(15-22)23-7-8-23/h5-6,9-10,12-15,18-19,23,28,30H,7-8,11,16-17H2,1-4H3,(H2,44,48)/t19-,28-,35-/m1/s1. The van der Waals surface area contributed by atoms with E-state index in [1.807, 2.05) is 31.6 Å². The SMILES string of the molecule is C[C@H](CC(=O)OC[C@H](c1ccc(Cl)c(-n2ncnc2C(F)F)c1)N1C(=O)[C@@](CC(C)(C)C)(c2ccc(-c3cnn(C4CC4)c3)cc2F)N=C1N)C(F)(F)F. The largest absolute Gasteiger partial charge is 0.463 e. The van der Waals surface area contributed by atoms with Crippen LogP contribution in [-0.4, -0.2) is 60.1 Å². The number of aromatic nitrogens is 5. The molecule has 4 aromatic rings. The summed E-state index contributed by atoms with van der Waals surface area (Å²) in [5, 5.41) is 8.17. The Bertz CT molecular complexity index is 2090. The third-order valence-electron chi connectivity index (χ3n) is 9.28. The van der Waals surface area contributed by atoms with Gasteiger partial charge >= 0.3 is 12.1 Å². The molecular formula is C36H37ClF6N8O3. The van der Waals surface area contributed by atoms with E-state index in [-0.39, 0.29) is 28.3 Å². The molecule has 2 aromatic heterocycles. The topological polar surface area (TPSA) is 134 Å². The summed E-state index contributed by atoms with van der Waals surface area (Å²) in [6, 6.07) is 7.25. The van der Waals surface area contributed by atoms with E-state index in [1.165, 1.54) is 30.3 Å². The molecule has 1 aliphatic heterocycles. The maximum atomic E-state index is 16.4. The van der Waals surface area contributed by atoms with Crippen LogP contribution in [0.5, 0.6) is 0 Å². The summed E-state index contributed by atoms with van der Waals surface area (Å²) in [7, 11) is 0. The average molecular weight is 779 g/mol. The molecule has 1 amide bonds. The minimum atomic E-state index is -4.68. The Morgan fingerprint density at radius 1 is 1.09 bits per heavy atom. The first-order valence-electron chi connectivity index (χ1n) is 17.0. The fourth-order valence-corrected chi connectivity index (χ4v) is 6.71. The first-order valence-corrected chi connectivity index (χ1v) is 17.4. The van der Waals surface area contributed by atoms with Crippen LogP contribution in [0.3, 0.4) is 0 Å². The summed E-state index contributed by atoms with van der Waals surface area (Å²) in [6.45, 7) is 5.53. The fraction of sp³-hybridized carbons (Fsp3) is 0.444. The summed E-state index contributed by atoms with van der Waals surface area (Å²) in [6.07, 6.45) is -2.48. The quantitative estimate of drug-likeness (QED) is 0.114. The third kappa shape index (κ3) is 7.81. The van der Waals surface area contributed by atoms with Gasteiger partial charge in [-0.15, -0.1) is 0 Å². The number of rotatable bonds is 12. The molecule has 6 rings (SSSR count). The zero-order chi connectivity index (χ0) is 39.3. The lowest BCUT2D eigenvalue weighted by atomic mass is 9.75. The second-order valence-corrected chi connectivity index (χ2v) is 15.2. The van der Waals surface area contributed by atoms with Gasteiger partial charge in [0.1, 0.15) is 18.8 Å². The van der Waals surface area contributed by atoms with Crippen LogP contribution < -0.4 is 5.73 Å². The molecule has 18 heteroatoms. The van der Waals surface area contributed by atoms with Gasteiger partial charge in [0.05, 0.1) is 41.3 Å². The lowest BCUT2D eigenvalue weighted by molar-refractivity contribution is -0.181. The lowest BCUT2D eigenvalue weighted by Crippen LogP contribution is -2.47. The molecule has 54 heavy (non-hydrogen) atoms. The Balaban J connectivity index is 1.42. The molecule has 0 spiro atoms. The molecule has 3 atom stereocenters. The van der Waals surface area contributed by atoms with Gasteiger partial charge in [0.2, 0.25) is 0 Å². The maximum absolute atomic E-state index is 16.4. The Labute approximate surface area is 311 Å². The number of hydrogen-bond acceptors (Lipinski definition) is 8. The van der Waals surface area contributed by atoms with Crippen molar-refractivity contribution < 1.29 is 40.7 Å². The number of nitrogens with two attached hydrogens (primary N) is 1. The van der Waals surface area contributed by atoms with Crippen LogP contribution in [-0.2, 0) is 19.9 Å². The van der Waals surface area contributed by atoms with Crippen molar-refractivity contribution in [3.05, 3.63) is 82.9 Å². The predicted octanol–water partition coefficient (Wildman–Crippen LogP) is 7.86. The normalized spacial score (nSPS) is 19.0. The predicted molar refractivity (Wildman–Crippen MR) is 185 cm³/mol. The Morgan fingerprint density at radius 3 is 2.44 bits per heavy atom. The zero-order valence-electron chi connectivity index (χ0n) is 29.6. The van der Waals surface area contributed by atoms with E-state index in [0.717, 1.165) is 35.7 Å². The van der Waals surface area contributed by atoms with Gasteiger partial charge in [-0.3, -0.25) is 19.2 Å². The van der Waals surface area contributed by atoms with E-state index >= 15 is 4.39 Å². The Kier molecular flexibility index (Phi) is 10.3. The van der Waals surface area contributed by atoms with Crippen molar-refractivity contribution in [2.45, 2.75) is 83.6 Å². The fourth-order valence-electron chi connectivity index (χ4n) is 6.51. The van der Waals surface area contributed by atoms with Gasteiger partial charge in [-0.1, -0.05) is 57.5 Å². The highest BCUT2D eigenvalue weighted by atomic mass is 35.5. The molecule has 0 radical (unpaired) electrons. The number of aliphatic imine (C=N–C) groups is 1. The molecule has 1 saturated carbocycles. The van der Waals surface area contributed by atoms with E-state index in [2.05, 4.69) is 20.2 Å². The second-order valence-electron chi connectivity index (χ2n) is 14.8. The molecule has 288 valence electrons. The van der Waals surface area contributed by atoms with Crippen LogP contribution >= 0.6 is 11.6 Å². The number of benzene rings is 2. The van der Waals surface area contributed by atoms with Crippen LogP contribution in [0.25, 0.3) is 16.8 Å². The molecule has 0 bridgehead atoms. The van der Waals surface area contributed by atoms with E-state index < -0.39 is 78.0 Å². The van der Waals surface area contributed by atoms with Gasteiger partial charge < -0.3 is 10.5 Å². The first kappa shape index (κ1) is 38.8. The number of guanidine groups is 1. The van der Waals surface area contributed by atoms with Crippen molar-refractivity contribution in [1.29, 1.82) is 0 Å². The van der Waals surface area contributed by atoms with Gasteiger partial charge in [0, 0.05) is 17.3 Å². The first-order chi connectivity index (χ1) is 25.3. The van der Waals surface area contributed by atoms with Crippen LogP contribution in [0.1, 0.15) is 88.8 Å². The van der Waals surface area contributed by atoms with Gasteiger partial charge in [0.15, 0.2) is 17.3 Å². The van der Waals surface area contributed by atoms with Crippen molar-refractivity contribution in [2.75, 3.05) is 6.61 Å². The Morgan fingerprint density at radius 2 is 1.81 bits per heavy atom. The van der Waals surface area contributed by atoms with Crippen LogP contribution in [0, 0.1) is 17.2 Å². The van der Waals surface area contributed by atoms with Crippen LogP contribution in [0.15, 0.2) is 60.1 Å². The summed E-state index contributed by atoms with van der Waals surface area (Å²) in [5.74, 6) is -6.01. The van der Waals surface area contributed by atoms with Gasteiger partial charge in [-0.2, -0.15) is 23.4 Å². The summed E-state index contributed by atoms with van der Waals surface area (Å²) in [5.41, 5.74) is 4.98. The molecule has 0 saturated heterocycles. The smallest absolute Gasteiger partial charge is 0.392 e. The van der Waals surface area contributed by atoms with Crippen molar-refractivity contribution in [2.24, 2.45) is 22.1 Å². The number of ether oxygens (including phenoxy) is 1. The molecular weight excluding hydrogens is 742 g/mol. The zero-order valence-corrected chi connectivity index (χ0v) is 30.4. The lowest BCUT2D eigenvalue weighted by Gasteiger charge is -2.35. The molecule has 1 aliphatic carbocycles. The van der Waals surface area contributed by atoms with Gasteiger partial charge in [-0.25, -0.2) is 27.8 Å². The second kappa shape index (κ2) is 14.4. The minimum absolute atomic E-state index is 0.0515. The number of nitrogens with zero attached hydrogens (tertiary/aromatic N) is 7. The van der Waals surface area contributed by atoms with E-state index in [1.54, 1.807) is 12.3 Å². The molecule has 2 N–H and O–H groups in total. The molecule has 0 unspecified atom stereocenters. The number of amides is 1. The van der Waals surface area contributed by atoms with Crippen LogP contribution in [0.2, 0.25) is 5.02 Å². The van der Waals surface area contributed by atoms with Gasteiger partial charge in [-0.05, 0) is 54.0 Å². The summed E-state index contributed by atoms with van der Waals surface area (Å²) >= 11 is 6.40. The third-order valence-corrected chi connectivity index (χ3v) is 9.60. The molecule has 2 aromatic carbocycles. The number of carbonyl (C=O) groups excluding carboxylic acids is 2. The number of halogens is 7. The van der Waals surface area contributed by atoms with Crippen LogP contribution in [0.4, 0.5) is 26.3 Å². The molecule has 1 fully saturated rings. The Hall–Kier alpha value is -4.93. The molecule has 2 aliphatic rings. The minimum Gasteiger partial charge on any atom is -0.463 e. The van der Waals surface area contributed by atoms with Crippen molar-refractivity contribution >= 4 is 29.4 Å². The average Bonchev–Trinajstić information content (AvgIpc) is 3.49. The molecule has 3 heterocycles. The highest BCUT2D eigenvalue weighted by Gasteiger charge is 2.54. The number of hydrogen-bond donors (Lipinski definition) is 1. The monoisotopic (exact) mass is 778 g/mol. The van der Waals surface area contributed by atoms with Crippen molar-refractivity contribution in [3.8, 4) is 16.8 Å². The highest BCUT2D eigenvalue weighted by molar-refractivity contribution is 6.32. The van der Waals surface area contributed by atoms with Gasteiger partial charge in [0.25, 0.3) is 12.3 Å². The summed E-state index contributed by atoms with van der Waals surface area (Å²) in [4.78, 5) is 36.8. The van der Waals surface area contributed by atoms with E-state index in [9.17, 15) is 31.5 Å². The number of esters is 1. The number of carbonyl (C=O) groups is 2. The molecule has 11 nitrogen and oxygen atoms in total. The maximum Gasteiger partial charge on any atom is 0.392 e. The summed E-state index contributed by atoms with van der Waals surface area (Å²) < 4.78 is 91.9. The van der Waals surface area contributed by atoms with E-state index in [0.29, 0.717) is 17.2 Å². The van der Waals surface area contributed by atoms with Crippen molar-refractivity contribution in [3.63, 3.8) is 0 Å². The van der Waals surface area contributed by atoms with E-state index in [4.69, 9.17) is 22.1 Å². The van der Waals surface area contributed by atoms with Crippen molar-refractivity contribution in [1.82, 2.24) is 29.4 Å².